The summed E-state index contributed by atoms with van der Waals surface area (Å²) in [5.74, 6) is -3.71. The van der Waals surface area contributed by atoms with Crippen molar-refractivity contribution in [3.63, 3.8) is 0 Å². The van der Waals surface area contributed by atoms with Gasteiger partial charge in [-0.1, -0.05) is 15.9 Å². The molecule has 2 rings (SSSR count). The van der Waals surface area contributed by atoms with E-state index in [9.17, 15) is 29.0 Å². The van der Waals surface area contributed by atoms with Gasteiger partial charge in [0.1, 0.15) is 11.4 Å². The van der Waals surface area contributed by atoms with Crippen molar-refractivity contribution in [3.8, 4) is 0 Å². The van der Waals surface area contributed by atoms with Gasteiger partial charge in [0, 0.05) is 10.0 Å². The Hall–Kier alpha value is -2.95. The van der Waals surface area contributed by atoms with Gasteiger partial charge >= 0.3 is 18.0 Å². The largest absolute Gasteiger partial charge is 0.476 e. The minimum Gasteiger partial charge on any atom is -0.476 e. The van der Waals surface area contributed by atoms with Crippen molar-refractivity contribution in [2.24, 2.45) is 0 Å². The number of ether oxygens (including phenoxy) is 1. The highest BCUT2D eigenvalue weighted by Crippen LogP contribution is 2.30. The number of rotatable bonds is 6. The van der Waals surface area contributed by atoms with Crippen molar-refractivity contribution >= 4 is 34.0 Å². The topological polar surface area (TPSA) is 131 Å². The second kappa shape index (κ2) is 8.42. The van der Waals surface area contributed by atoms with Crippen molar-refractivity contribution in [3.05, 3.63) is 51.8 Å². The molecule has 0 unspecified atom stereocenters. The number of imidazole rings is 1. The monoisotopic (exact) mass is 485 g/mol. The molecule has 3 N–H and O–H groups in total. The van der Waals surface area contributed by atoms with Gasteiger partial charge in [-0.25, -0.2) is 23.8 Å². The number of carbonyl (C=O) groups excluding carboxylic acids is 1. The van der Waals surface area contributed by atoms with E-state index in [2.05, 4.69) is 26.2 Å². The SMILES string of the molecule is CC(C)(C)OC(=O)N[C@@](C)(Cn1cnc(C(=O)O)c1C(=O)O)c1cc(Br)ccc1F. The average Bonchev–Trinajstić information content (AvgIpc) is 2.98. The zero-order chi connectivity index (χ0) is 22.9. The van der Waals surface area contributed by atoms with Gasteiger partial charge < -0.3 is 24.8 Å². The lowest BCUT2D eigenvalue weighted by Crippen LogP contribution is -2.49. The van der Waals surface area contributed by atoms with Crippen LogP contribution in [0.2, 0.25) is 0 Å². The molecule has 162 valence electrons. The second-order valence-corrected chi connectivity index (χ2v) is 8.68. The maximum Gasteiger partial charge on any atom is 0.408 e. The Kier molecular flexibility index (Phi) is 6.55. The van der Waals surface area contributed by atoms with Crippen molar-refractivity contribution in [2.45, 2.75) is 45.4 Å². The number of nitrogens with one attached hydrogen (secondary N) is 1. The summed E-state index contributed by atoms with van der Waals surface area (Å²) in [5.41, 5.74) is -3.59. The fourth-order valence-electron chi connectivity index (χ4n) is 2.86. The maximum atomic E-state index is 14.7. The summed E-state index contributed by atoms with van der Waals surface area (Å²) >= 11 is 3.25. The lowest BCUT2D eigenvalue weighted by molar-refractivity contribution is 0.0446. The number of carboxylic acid groups (broad SMARTS) is 2. The number of carbonyl (C=O) groups is 3. The summed E-state index contributed by atoms with van der Waals surface area (Å²) in [6, 6.07) is 4.08. The van der Waals surface area contributed by atoms with Crippen LogP contribution in [-0.2, 0) is 16.8 Å². The summed E-state index contributed by atoms with van der Waals surface area (Å²) in [7, 11) is 0. The Morgan fingerprint density at radius 3 is 2.37 bits per heavy atom. The first-order valence-corrected chi connectivity index (χ1v) is 9.51. The number of hydrogen-bond acceptors (Lipinski definition) is 5. The summed E-state index contributed by atoms with van der Waals surface area (Å²) in [6.07, 6.45) is 0.150. The van der Waals surface area contributed by atoms with E-state index in [-0.39, 0.29) is 12.1 Å². The average molecular weight is 486 g/mol. The zero-order valence-electron chi connectivity index (χ0n) is 16.7. The van der Waals surface area contributed by atoms with E-state index < -0.39 is 46.4 Å². The fourth-order valence-corrected chi connectivity index (χ4v) is 3.23. The summed E-state index contributed by atoms with van der Waals surface area (Å²) in [6.45, 7) is 6.10. The summed E-state index contributed by atoms with van der Waals surface area (Å²) < 4.78 is 21.5. The van der Waals surface area contributed by atoms with E-state index in [4.69, 9.17) is 4.74 Å². The molecule has 0 saturated heterocycles. The Labute approximate surface area is 180 Å². The minimum atomic E-state index is -1.53. The van der Waals surface area contributed by atoms with Crippen LogP contribution >= 0.6 is 15.9 Å². The second-order valence-electron chi connectivity index (χ2n) is 7.76. The molecule has 1 atom stereocenters. The highest BCUT2D eigenvalue weighted by molar-refractivity contribution is 9.10. The highest BCUT2D eigenvalue weighted by atomic mass is 79.9. The van der Waals surface area contributed by atoms with Gasteiger partial charge in [-0.3, -0.25) is 0 Å². The first-order chi connectivity index (χ1) is 13.7. The molecule has 0 fully saturated rings. The predicted octanol–water partition coefficient (Wildman–Crippen LogP) is 3.62. The van der Waals surface area contributed by atoms with Crippen LogP contribution < -0.4 is 5.32 Å². The van der Waals surface area contributed by atoms with Crippen LogP contribution in [0.3, 0.4) is 0 Å². The molecule has 0 aliphatic rings. The maximum absolute atomic E-state index is 14.7. The van der Waals surface area contributed by atoms with Crippen molar-refractivity contribution in [1.29, 1.82) is 0 Å². The van der Waals surface area contributed by atoms with Gasteiger partial charge in [0.05, 0.1) is 18.4 Å². The van der Waals surface area contributed by atoms with E-state index in [0.717, 1.165) is 10.9 Å². The highest BCUT2D eigenvalue weighted by Gasteiger charge is 2.36. The van der Waals surface area contributed by atoms with Gasteiger partial charge in [-0.2, -0.15) is 0 Å². The molecule has 9 nitrogen and oxygen atoms in total. The molecule has 0 radical (unpaired) electrons. The number of hydrogen-bond donors (Lipinski definition) is 3. The zero-order valence-corrected chi connectivity index (χ0v) is 18.3. The van der Waals surface area contributed by atoms with E-state index >= 15 is 0 Å². The summed E-state index contributed by atoms with van der Waals surface area (Å²) in [4.78, 5) is 39.0. The van der Waals surface area contributed by atoms with Crippen molar-refractivity contribution < 1.29 is 33.7 Å². The molecule has 0 bridgehead atoms. The minimum absolute atomic E-state index is 0.0321. The Morgan fingerprint density at radius 1 is 1.20 bits per heavy atom. The third-order valence-corrected chi connectivity index (χ3v) is 4.52. The molecule has 1 aromatic carbocycles. The molecule has 1 amide bonds. The quantitative estimate of drug-likeness (QED) is 0.569. The van der Waals surface area contributed by atoms with Crippen molar-refractivity contribution in [2.75, 3.05) is 0 Å². The number of carboxylic acids is 2. The fraction of sp³-hybridized carbons (Fsp3) is 0.368. The molecule has 0 spiro atoms. The normalized spacial score (nSPS) is 13.4. The van der Waals surface area contributed by atoms with Gasteiger partial charge in [-0.15, -0.1) is 0 Å². The number of benzene rings is 1. The number of alkyl carbamates (subject to hydrolysis) is 1. The smallest absolute Gasteiger partial charge is 0.408 e. The Morgan fingerprint density at radius 2 is 1.83 bits per heavy atom. The molecule has 0 aliphatic carbocycles. The lowest BCUT2D eigenvalue weighted by Gasteiger charge is -2.33. The first-order valence-electron chi connectivity index (χ1n) is 8.72. The Balaban J connectivity index is 2.57. The van der Waals surface area contributed by atoms with Crippen LogP contribution in [0, 0.1) is 5.82 Å². The van der Waals surface area contributed by atoms with Crippen LogP contribution in [-0.4, -0.2) is 43.4 Å². The molecule has 1 aromatic heterocycles. The molecule has 30 heavy (non-hydrogen) atoms. The third-order valence-electron chi connectivity index (χ3n) is 4.03. The van der Waals surface area contributed by atoms with Crippen molar-refractivity contribution in [1.82, 2.24) is 14.9 Å². The molecule has 2 aromatic rings. The van der Waals surface area contributed by atoms with Crippen LogP contribution in [0.5, 0.6) is 0 Å². The predicted molar refractivity (Wildman–Crippen MR) is 107 cm³/mol. The number of aromatic carboxylic acids is 2. The molecular weight excluding hydrogens is 465 g/mol. The van der Waals surface area contributed by atoms with E-state index in [1.165, 1.54) is 25.1 Å². The van der Waals surface area contributed by atoms with Crippen LogP contribution in [0.4, 0.5) is 9.18 Å². The molecule has 0 aliphatic heterocycles. The third kappa shape index (κ3) is 5.35. The Bertz CT molecular complexity index is 1000. The number of amides is 1. The van der Waals surface area contributed by atoms with Gasteiger partial charge in [-0.05, 0) is 45.9 Å². The lowest BCUT2D eigenvalue weighted by atomic mass is 9.91. The van der Waals surface area contributed by atoms with Gasteiger partial charge in [0.25, 0.3) is 0 Å². The van der Waals surface area contributed by atoms with E-state index in [1.54, 1.807) is 20.8 Å². The number of nitrogens with zero attached hydrogens (tertiary/aromatic N) is 2. The number of halogens is 2. The van der Waals surface area contributed by atoms with Gasteiger partial charge in [0.2, 0.25) is 0 Å². The first kappa shape index (κ1) is 23.3. The summed E-state index contributed by atoms with van der Waals surface area (Å²) in [5, 5.41) is 21.2. The van der Waals surface area contributed by atoms with Crippen LogP contribution in [0.1, 0.15) is 54.2 Å². The molecule has 1 heterocycles. The number of aromatic nitrogens is 2. The molecular formula is C19H21BrFN3O6. The molecule has 11 heteroatoms. The van der Waals surface area contributed by atoms with Crippen LogP contribution in [0.25, 0.3) is 0 Å². The van der Waals surface area contributed by atoms with E-state index in [1.807, 2.05) is 0 Å². The molecule has 0 saturated carbocycles. The standard InChI is InChI=1S/C19H21BrFN3O6/c1-18(2,3)30-17(29)23-19(4,11-7-10(20)5-6-12(11)21)8-24-9-22-13(15(25)26)14(24)16(27)28/h5-7,9H,8H2,1-4H3,(H,23,29)(H,25,26)(H,27,28)/t19-/m0/s1. The van der Waals surface area contributed by atoms with Crippen LogP contribution in [0.15, 0.2) is 29.0 Å². The van der Waals surface area contributed by atoms with E-state index in [0.29, 0.717) is 4.47 Å². The van der Waals surface area contributed by atoms with Gasteiger partial charge in [0.15, 0.2) is 11.4 Å².